The molecule has 0 aromatic heterocycles. The zero-order valence-corrected chi connectivity index (χ0v) is 11.9. The van der Waals surface area contributed by atoms with Crippen LogP contribution in [0.25, 0.3) is 0 Å². The summed E-state index contributed by atoms with van der Waals surface area (Å²) in [6.07, 6.45) is 2.05. The van der Waals surface area contributed by atoms with Crippen molar-refractivity contribution in [1.82, 2.24) is 5.32 Å². The van der Waals surface area contributed by atoms with Crippen LogP contribution >= 0.6 is 17.9 Å². The maximum Gasteiger partial charge on any atom is 0.220 e. The first-order valence-electron chi connectivity index (χ1n) is 4.70. The van der Waals surface area contributed by atoms with Crippen molar-refractivity contribution < 1.29 is 14.6 Å². The third kappa shape index (κ3) is 8.34. The summed E-state index contributed by atoms with van der Waals surface area (Å²) in [5.41, 5.74) is -3.06. The molecule has 1 atom stereocenters. The lowest BCUT2D eigenvalue weighted by Crippen LogP contribution is -2.28. The summed E-state index contributed by atoms with van der Waals surface area (Å²) in [6, 6.07) is 0. The van der Waals surface area contributed by atoms with E-state index in [1.165, 1.54) is 0 Å². The van der Waals surface area contributed by atoms with E-state index in [1.807, 2.05) is 13.8 Å². The molecule has 0 aliphatic heterocycles. The molecule has 7 heteroatoms. The van der Waals surface area contributed by atoms with E-state index in [0.717, 1.165) is 0 Å². The molecule has 4 nitrogen and oxygen atoms in total. The van der Waals surface area contributed by atoms with Crippen LogP contribution in [0.15, 0.2) is 0 Å². The van der Waals surface area contributed by atoms with Crippen LogP contribution in [0.5, 0.6) is 0 Å². The Bertz CT molecular complexity index is 267. The van der Waals surface area contributed by atoms with E-state index in [-0.39, 0.29) is 5.91 Å². The van der Waals surface area contributed by atoms with Crippen molar-refractivity contribution in [2.75, 3.05) is 18.6 Å². The van der Waals surface area contributed by atoms with Crippen LogP contribution < -0.4 is 5.32 Å². The highest BCUT2D eigenvalue weighted by molar-refractivity contribution is 8.65. The summed E-state index contributed by atoms with van der Waals surface area (Å²) < 4.78 is 0. The minimum absolute atomic E-state index is 0.0372. The highest BCUT2D eigenvalue weighted by Gasteiger charge is 2.08. The Labute approximate surface area is 98.7 Å². The summed E-state index contributed by atoms with van der Waals surface area (Å²) in [6.45, 7) is 4.71. The molecule has 0 bridgehead atoms. The number of amides is 1. The average Bonchev–Trinajstić information content (AvgIpc) is 2.09. The van der Waals surface area contributed by atoms with E-state index >= 15 is 0 Å². The van der Waals surface area contributed by atoms with E-state index in [4.69, 9.17) is 0 Å². The van der Waals surface area contributed by atoms with Gasteiger partial charge in [0.1, 0.15) is 0 Å². The summed E-state index contributed by atoms with van der Waals surface area (Å²) in [5, 5.41) is 2.78. The number of hydrogen-bond acceptors (Lipinski definition) is 1. The highest BCUT2D eigenvalue weighted by atomic mass is 32.9. The Morgan fingerprint density at radius 2 is 2.07 bits per heavy atom. The molecule has 0 fully saturated rings. The summed E-state index contributed by atoms with van der Waals surface area (Å²) in [7, 11) is -0.597. The smallest absolute Gasteiger partial charge is 0.220 e. The van der Waals surface area contributed by atoms with Crippen LogP contribution in [0, 0.1) is 5.92 Å². The highest BCUT2D eigenvalue weighted by Crippen LogP contribution is 2.46. The van der Waals surface area contributed by atoms with Gasteiger partial charge in [-0.05, 0) is 12.2 Å². The molecule has 1 unspecified atom stereocenters. The van der Waals surface area contributed by atoms with Gasteiger partial charge in [0.2, 0.25) is 5.91 Å². The van der Waals surface area contributed by atoms with Crippen LogP contribution in [0.4, 0.5) is 0 Å². The van der Waals surface area contributed by atoms with Crippen LogP contribution in [-0.2, 0) is 14.9 Å². The molecule has 92 valence electrons. The van der Waals surface area contributed by atoms with Gasteiger partial charge >= 0.3 is 0 Å². The van der Waals surface area contributed by atoms with Crippen LogP contribution in [-0.4, -0.2) is 34.2 Å². The van der Waals surface area contributed by atoms with Crippen molar-refractivity contribution in [3.8, 4) is 0 Å². The number of rotatable bonds is 5. The lowest BCUT2D eigenvalue weighted by atomic mass is 10.2. The van der Waals surface area contributed by atoms with Crippen molar-refractivity contribution in [2.24, 2.45) is 5.92 Å². The van der Waals surface area contributed by atoms with Crippen molar-refractivity contribution in [2.45, 2.75) is 20.3 Å². The zero-order valence-electron chi connectivity index (χ0n) is 9.30. The van der Waals surface area contributed by atoms with Crippen LogP contribution in [0.2, 0.25) is 0 Å². The number of thiol groups is 1. The molecule has 0 spiro atoms. The second-order valence-electron chi connectivity index (χ2n) is 3.77. The quantitative estimate of drug-likeness (QED) is 0.446. The Kier molecular flexibility index (Phi) is 7.21. The fourth-order valence-corrected chi connectivity index (χ4v) is 3.24. The zero-order chi connectivity index (χ0) is 12.1. The van der Waals surface area contributed by atoms with Gasteiger partial charge in [0, 0.05) is 18.7 Å². The minimum atomic E-state index is -3.06. The topological polar surface area (TPSA) is 69.6 Å². The third-order valence-electron chi connectivity index (χ3n) is 1.75. The minimum Gasteiger partial charge on any atom is -0.356 e. The van der Waals surface area contributed by atoms with Gasteiger partial charge < -0.3 is 15.1 Å². The first kappa shape index (κ1) is 15.5. The first-order chi connectivity index (χ1) is 6.73. The van der Waals surface area contributed by atoms with Gasteiger partial charge in [-0.1, -0.05) is 26.1 Å². The lowest BCUT2D eigenvalue weighted by molar-refractivity contribution is -0.120. The summed E-state index contributed by atoms with van der Waals surface area (Å²) >= 11 is 3.74. The van der Waals surface area contributed by atoms with Crippen molar-refractivity contribution in [1.29, 1.82) is 0 Å². The van der Waals surface area contributed by atoms with E-state index in [2.05, 4.69) is 17.6 Å². The second-order valence-corrected chi connectivity index (χ2v) is 12.3. The molecule has 1 amide bonds. The number of nitrogens with one attached hydrogen (secondary N) is 1. The van der Waals surface area contributed by atoms with Crippen molar-refractivity contribution >= 4 is 33.9 Å². The van der Waals surface area contributed by atoms with Gasteiger partial charge in [0.25, 0.3) is 0 Å². The molecule has 0 aromatic rings. The Morgan fingerprint density at radius 1 is 1.53 bits per heavy atom. The van der Waals surface area contributed by atoms with E-state index < -0.39 is 15.8 Å². The van der Waals surface area contributed by atoms with E-state index in [1.54, 1.807) is 6.26 Å². The molecule has 0 saturated heterocycles. The summed E-state index contributed by atoms with van der Waals surface area (Å²) in [4.78, 5) is 29.8. The lowest BCUT2D eigenvalue weighted by Gasteiger charge is -2.12. The van der Waals surface area contributed by atoms with Gasteiger partial charge in [0.15, 0.2) is 5.69 Å². The monoisotopic (exact) mass is 273 g/mol. The van der Waals surface area contributed by atoms with Gasteiger partial charge in [-0.3, -0.25) is 4.79 Å². The maximum absolute atomic E-state index is 11.3. The molecule has 0 heterocycles. The van der Waals surface area contributed by atoms with Crippen molar-refractivity contribution in [3.05, 3.63) is 0 Å². The maximum atomic E-state index is 11.3. The second kappa shape index (κ2) is 6.97. The fourth-order valence-electron chi connectivity index (χ4n) is 0.769. The SMILES string of the molecule is CC(C)CNC(=O)CCS(C)=P(O)(O)S. The fraction of sp³-hybridized carbons (Fsp3) is 0.875. The van der Waals surface area contributed by atoms with E-state index in [9.17, 15) is 14.6 Å². The number of carbonyl (C=O) groups is 1. The molecular formula is C8H20NO3PS2. The first-order valence-corrected chi connectivity index (χ1v) is 9.96. The molecule has 0 aliphatic rings. The molecule has 0 rings (SSSR count). The Morgan fingerprint density at radius 3 is 2.47 bits per heavy atom. The molecule has 0 radical (unpaired) electrons. The van der Waals surface area contributed by atoms with Gasteiger partial charge in [-0.2, -0.15) is 0 Å². The average molecular weight is 273 g/mol. The van der Waals surface area contributed by atoms with Gasteiger partial charge in [0.05, 0.1) is 0 Å². The van der Waals surface area contributed by atoms with Gasteiger partial charge in [-0.15, -0.1) is 10.1 Å². The molecule has 0 aromatic carbocycles. The molecule has 0 aliphatic carbocycles. The van der Waals surface area contributed by atoms with Crippen LogP contribution in [0.1, 0.15) is 20.3 Å². The van der Waals surface area contributed by atoms with Crippen LogP contribution in [0.3, 0.4) is 0 Å². The summed E-state index contributed by atoms with van der Waals surface area (Å²) in [5.74, 6) is 0.875. The molecule has 0 saturated carbocycles. The normalized spacial score (nSPS) is 14.1. The molecular weight excluding hydrogens is 253 g/mol. The molecule has 3 N–H and O–H groups in total. The van der Waals surface area contributed by atoms with Gasteiger partial charge in [-0.25, -0.2) is 0 Å². The number of hydrogen-bond donors (Lipinski definition) is 4. The standard InChI is InChI=1S/C8H20NO3PS2/c1-7(2)6-9-8(10)4-5-15(3)13(11,12)14/h7,11-12,14H,4-6H2,1-3H3,(H,9,10). The number of carbonyl (C=O) groups excluding carboxylic acids is 1. The Balaban J connectivity index is 3.93. The predicted molar refractivity (Wildman–Crippen MR) is 71.0 cm³/mol. The largest absolute Gasteiger partial charge is 0.356 e. The molecule has 15 heavy (non-hydrogen) atoms. The van der Waals surface area contributed by atoms with E-state index in [0.29, 0.717) is 24.6 Å². The Hall–Kier alpha value is 0.520. The third-order valence-corrected chi connectivity index (χ3v) is 8.95. The van der Waals surface area contributed by atoms with Crippen molar-refractivity contribution in [3.63, 3.8) is 0 Å². The predicted octanol–water partition coefficient (Wildman–Crippen LogP) is 0.989.